The fourth-order valence-corrected chi connectivity index (χ4v) is 4.71. The first-order valence-corrected chi connectivity index (χ1v) is 9.74. The van der Waals surface area contributed by atoms with E-state index >= 15 is 0 Å². The molecule has 31 heavy (non-hydrogen) atoms. The number of hydrogen-bond donors (Lipinski definition) is 0. The Labute approximate surface area is 186 Å². The number of halogens is 1. The van der Waals surface area contributed by atoms with Crippen molar-refractivity contribution in [3.63, 3.8) is 0 Å². The van der Waals surface area contributed by atoms with Gasteiger partial charge < -0.3 is 28.4 Å². The molecule has 3 heterocycles. The molecule has 0 aromatic heterocycles. The Hall–Kier alpha value is -2.84. The monoisotopic (exact) mass is 449 g/mol. The van der Waals surface area contributed by atoms with Gasteiger partial charge in [-0.3, -0.25) is 4.90 Å². The minimum Gasteiger partial charge on any atom is -0.493 e. The number of ether oxygens (including phenoxy) is 6. The molecule has 0 spiro atoms. The molecule has 0 saturated carbocycles. The zero-order valence-corrected chi connectivity index (χ0v) is 18.5. The van der Waals surface area contributed by atoms with Crippen LogP contribution in [0.5, 0.6) is 28.7 Å². The number of likely N-dealkylation sites (N-methyl/N-ethyl adjacent to an activating group) is 1. The molecule has 0 amide bonds. The molecule has 0 radical (unpaired) electrons. The Kier molecular flexibility index (Phi) is 5.53. The fourth-order valence-electron chi connectivity index (χ4n) is 4.71. The van der Waals surface area contributed by atoms with Crippen LogP contribution in [-0.4, -0.2) is 52.6 Å². The van der Waals surface area contributed by atoms with Crippen LogP contribution in [0.2, 0.25) is 0 Å². The van der Waals surface area contributed by atoms with Crippen LogP contribution in [0.1, 0.15) is 39.2 Å². The highest BCUT2D eigenvalue weighted by atomic mass is 35.5. The summed E-state index contributed by atoms with van der Waals surface area (Å²) in [6.45, 7) is 0.963. The first-order valence-electron chi connectivity index (χ1n) is 9.74. The van der Waals surface area contributed by atoms with Crippen molar-refractivity contribution in [2.45, 2.75) is 18.6 Å². The standard InChI is InChI=1S/C22H23NO7.ClH/c1-23-8-7-11-9-14-20(29-10-28-14)21(27-4)15(11)17(23)18-12-5-6-13(25-2)19(26-3)16(12)22(24)30-18;/h5-6,9,17-18H,7-8,10H2,1-4H3;1H/t17-,18?;/m1./s1. The Morgan fingerprint density at radius 2 is 1.84 bits per heavy atom. The molecule has 0 aliphatic carbocycles. The van der Waals surface area contributed by atoms with Gasteiger partial charge in [-0.05, 0) is 31.2 Å². The number of fused-ring (bicyclic) bond motifs is 3. The van der Waals surface area contributed by atoms with Crippen molar-refractivity contribution < 1.29 is 33.2 Å². The lowest BCUT2D eigenvalue weighted by Crippen LogP contribution is -2.36. The smallest absolute Gasteiger partial charge is 0.343 e. The largest absolute Gasteiger partial charge is 0.493 e. The summed E-state index contributed by atoms with van der Waals surface area (Å²) in [7, 11) is 6.70. The molecule has 0 bridgehead atoms. The normalized spacial score (nSPS) is 21.0. The number of esters is 1. The first-order chi connectivity index (χ1) is 14.6. The summed E-state index contributed by atoms with van der Waals surface area (Å²) in [5, 5.41) is 0. The summed E-state index contributed by atoms with van der Waals surface area (Å²) in [4.78, 5) is 15.1. The van der Waals surface area contributed by atoms with E-state index in [0.717, 1.165) is 29.7 Å². The third kappa shape index (κ3) is 3.04. The minimum absolute atomic E-state index is 0. The highest BCUT2D eigenvalue weighted by Gasteiger charge is 2.46. The van der Waals surface area contributed by atoms with Crippen molar-refractivity contribution in [2.24, 2.45) is 0 Å². The molecule has 3 aliphatic heterocycles. The maximum atomic E-state index is 12.9. The SMILES string of the molecule is COc1ccc2c(c1OC)C(=O)OC2[C@H]1c2c(cc3c(c2OC)OCO3)CCN1C.Cl. The molecule has 8 nitrogen and oxygen atoms in total. The molecule has 5 rings (SSSR count). The van der Waals surface area contributed by atoms with Gasteiger partial charge in [0.2, 0.25) is 12.5 Å². The van der Waals surface area contributed by atoms with Crippen molar-refractivity contribution in [1.29, 1.82) is 0 Å². The maximum absolute atomic E-state index is 12.9. The van der Waals surface area contributed by atoms with Crippen LogP contribution in [0.3, 0.4) is 0 Å². The lowest BCUT2D eigenvalue weighted by molar-refractivity contribution is 0.00874. The Morgan fingerprint density at radius 1 is 1.06 bits per heavy atom. The lowest BCUT2D eigenvalue weighted by Gasteiger charge is -2.38. The topological polar surface area (TPSA) is 75.7 Å². The van der Waals surface area contributed by atoms with Crippen LogP contribution < -0.4 is 23.7 Å². The van der Waals surface area contributed by atoms with Crippen molar-refractivity contribution in [3.05, 3.63) is 40.5 Å². The lowest BCUT2D eigenvalue weighted by atomic mass is 9.85. The van der Waals surface area contributed by atoms with Crippen LogP contribution in [-0.2, 0) is 11.2 Å². The molecule has 2 atom stereocenters. The number of hydrogen-bond acceptors (Lipinski definition) is 8. The van der Waals surface area contributed by atoms with Crippen LogP contribution >= 0.6 is 12.4 Å². The first kappa shape index (κ1) is 21.4. The van der Waals surface area contributed by atoms with Crippen molar-refractivity contribution in [1.82, 2.24) is 4.90 Å². The van der Waals surface area contributed by atoms with Gasteiger partial charge in [0, 0.05) is 17.7 Å². The van der Waals surface area contributed by atoms with Gasteiger partial charge in [0.25, 0.3) is 0 Å². The number of rotatable bonds is 4. The number of carbonyl (C=O) groups excluding carboxylic acids is 1. The summed E-state index contributed by atoms with van der Waals surface area (Å²) < 4.78 is 33.8. The minimum atomic E-state index is -0.523. The van der Waals surface area contributed by atoms with Crippen molar-refractivity contribution in [2.75, 3.05) is 41.7 Å². The predicted molar refractivity (Wildman–Crippen MR) is 113 cm³/mol. The summed E-state index contributed by atoms with van der Waals surface area (Å²) in [6.07, 6.45) is 0.306. The van der Waals surface area contributed by atoms with Crippen LogP contribution in [0, 0.1) is 0 Å². The van der Waals surface area contributed by atoms with E-state index in [1.54, 1.807) is 20.3 Å². The predicted octanol–water partition coefficient (Wildman–Crippen LogP) is 3.30. The molecular formula is C22H24ClNO7. The van der Waals surface area contributed by atoms with Gasteiger partial charge in [0.05, 0.1) is 27.4 Å². The number of nitrogens with zero attached hydrogens (tertiary/aromatic N) is 1. The molecule has 9 heteroatoms. The van der Waals surface area contributed by atoms with E-state index < -0.39 is 12.1 Å². The highest BCUT2D eigenvalue weighted by molar-refractivity contribution is 5.98. The zero-order valence-electron chi connectivity index (χ0n) is 17.7. The zero-order chi connectivity index (χ0) is 21.0. The summed E-state index contributed by atoms with van der Waals surface area (Å²) in [5.41, 5.74) is 3.23. The second-order valence-corrected chi connectivity index (χ2v) is 7.48. The molecule has 166 valence electrons. The van der Waals surface area contributed by atoms with Gasteiger partial charge in [0.1, 0.15) is 11.7 Å². The number of methoxy groups -OCH3 is 3. The molecule has 0 N–H and O–H groups in total. The third-order valence-electron chi connectivity index (χ3n) is 6.06. The Balaban J connectivity index is 0.00000231. The number of cyclic esters (lactones) is 1. The molecule has 0 saturated heterocycles. The van der Waals surface area contributed by atoms with E-state index in [9.17, 15) is 4.79 Å². The second-order valence-electron chi connectivity index (χ2n) is 7.48. The average Bonchev–Trinajstić information content (AvgIpc) is 3.35. The summed E-state index contributed by atoms with van der Waals surface area (Å²) >= 11 is 0. The van der Waals surface area contributed by atoms with Crippen LogP contribution in [0.4, 0.5) is 0 Å². The highest BCUT2D eigenvalue weighted by Crippen LogP contribution is 2.55. The van der Waals surface area contributed by atoms with Gasteiger partial charge in [-0.1, -0.05) is 6.07 Å². The quantitative estimate of drug-likeness (QED) is 0.658. The number of carbonyl (C=O) groups is 1. The van der Waals surface area contributed by atoms with E-state index in [1.807, 2.05) is 19.2 Å². The molecule has 1 unspecified atom stereocenters. The van der Waals surface area contributed by atoms with Gasteiger partial charge in [0.15, 0.2) is 23.0 Å². The third-order valence-corrected chi connectivity index (χ3v) is 6.06. The molecule has 2 aromatic rings. The fraction of sp³-hybridized carbons (Fsp3) is 0.409. The Morgan fingerprint density at radius 3 is 2.55 bits per heavy atom. The van der Waals surface area contributed by atoms with E-state index in [-0.39, 0.29) is 25.2 Å². The van der Waals surface area contributed by atoms with Gasteiger partial charge in [-0.15, -0.1) is 12.4 Å². The van der Waals surface area contributed by atoms with E-state index in [1.165, 1.54) is 7.11 Å². The summed E-state index contributed by atoms with van der Waals surface area (Å²) in [6, 6.07) is 5.43. The van der Waals surface area contributed by atoms with E-state index in [4.69, 9.17) is 28.4 Å². The van der Waals surface area contributed by atoms with Crippen LogP contribution in [0.25, 0.3) is 0 Å². The second kappa shape index (κ2) is 8.01. The van der Waals surface area contributed by atoms with Crippen molar-refractivity contribution >= 4 is 18.4 Å². The van der Waals surface area contributed by atoms with Gasteiger partial charge in [-0.2, -0.15) is 0 Å². The van der Waals surface area contributed by atoms with E-state index in [0.29, 0.717) is 34.3 Å². The average molecular weight is 450 g/mol. The molecule has 2 aromatic carbocycles. The molecule has 0 fully saturated rings. The summed E-state index contributed by atoms with van der Waals surface area (Å²) in [5.74, 6) is 2.36. The maximum Gasteiger partial charge on any atom is 0.343 e. The van der Waals surface area contributed by atoms with E-state index in [2.05, 4.69) is 4.90 Å². The Bertz CT molecular complexity index is 1040. The van der Waals surface area contributed by atoms with Crippen molar-refractivity contribution in [3.8, 4) is 28.7 Å². The van der Waals surface area contributed by atoms with Gasteiger partial charge in [-0.25, -0.2) is 4.79 Å². The number of benzene rings is 2. The molecular weight excluding hydrogens is 426 g/mol. The molecule has 3 aliphatic rings. The van der Waals surface area contributed by atoms with Crippen LogP contribution in [0.15, 0.2) is 18.2 Å². The van der Waals surface area contributed by atoms with Gasteiger partial charge >= 0.3 is 5.97 Å².